The maximum Gasteiger partial charge on any atom is 0.274 e. The molecule has 6 nitrogen and oxygen atoms in total. The second-order valence-electron chi connectivity index (χ2n) is 5.20. The van der Waals surface area contributed by atoms with Gasteiger partial charge in [-0.15, -0.1) is 0 Å². The number of methoxy groups -OCH3 is 1. The van der Waals surface area contributed by atoms with Crippen molar-refractivity contribution in [2.75, 3.05) is 7.11 Å². The number of aromatic nitrogens is 2. The minimum Gasteiger partial charge on any atom is -0.495 e. The standard InChI is InChI=1S/C16H13ClN2O4S/c1-10-3-5-14(15(7-10)23-2)19-13-6-4-11(24(17,21)22)8-12(13)18-9-16(19)20/h3-9H,1-2H3. The lowest BCUT2D eigenvalue weighted by Crippen LogP contribution is -2.19. The van der Waals surface area contributed by atoms with Crippen molar-refractivity contribution in [1.29, 1.82) is 0 Å². The number of nitrogens with zero attached hydrogens (tertiary/aromatic N) is 2. The van der Waals surface area contributed by atoms with Crippen molar-refractivity contribution in [2.45, 2.75) is 11.8 Å². The normalized spacial score (nSPS) is 11.6. The quantitative estimate of drug-likeness (QED) is 0.667. The van der Waals surface area contributed by atoms with E-state index in [4.69, 9.17) is 15.4 Å². The van der Waals surface area contributed by atoms with Crippen LogP contribution in [-0.2, 0) is 9.05 Å². The van der Waals surface area contributed by atoms with E-state index in [1.807, 2.05) is 19.1 Å². The lowest BCUT2D eigenvalue weighted by Gasteiger charge is -2.14. The van der Waals surface area contributed by atoms with Crippen LogP contribution >= 0.6 is 10.7 Å². The van der Waals surface area contributed by atoms with Crippen LogP contribution < -0.4 is 10.3 Å². The molecule has 3 aromatic rings. The van der Waals surface area contributed by atoms with Gasteiger partial charge in [-0.05, 0) is 42.8 Å². The Morgan fingerprint density at radius 3 is 2.58 bits per heavy atom. The number of ether oxygens (including phenoxy) is 1. The maximum absolute atomic E-state index is 12.4. The molecule has 0 spiro atoms. The summed E-state index contributed by atoms with van der Waals surface area (Å²) in [5.41, 5.74) is 1.96. The summed E-state index contributed by atoms with van der Waals surface area (Å²) in [6.45, 7) is 1.91. The molecular weight excluding hydrogens is 352 g/mol. The summed E-state index contributed by atoms with van der Waals surface area (Å²) in [4.78, 5) is 16.3. The Bertz CT molecular complexity index is 1110. The van der Waals surface area contributed by atoms with Gasteiger partial charge in [0.15, 0.2) is 0 Å². The fraction of sp³-hybridized carbons (Fsp3) is 0.125. The van der Waals surface area contributed by atoms with Gasteiger partial charge < -0.3 is 4.74 Å². The van der Waals surface area contributed by atoms with Gasteiger partial charge in [-0.3, -0.25) is 9.36 Å². The molecular formula is C16H13ClN2O4S. The third-order valence-corrected chi connectivity index (χ3v) is 4.93. The van der Waals surface area contributed by atoms with Crippen LogP contribution in [-0.4, -0.2) is 25.1 Å². The molecule has 0 saturated carbocycles. The molecule has 8 heteroatoms. The van der Waals surface area contributed by atoms with Crippen LogP contribution in [0.15, 0.2) is 52.3 Å². The van der Waals surface area contributed by atoms with Crippen LogP contribution in [0.4, 0.5) is 0 Å². The van der Waals surface area contributed by atoms with E-state index >= 15 is 0 Å². The van der Waals surface area contributed by atoms with Crippen molar-refractivity contribution in [2.24, 2.45) is 0 Å². The number of hydrogen-bond acceptors (Lipinski definition) is 5. The Hall–Kier alpha value is -2.38. The summed E-state index contributed by atoms with van der Waals surface area (Å²) >= 11 is 0. The highest BCUT2D eigenvalue weighted by atomic mass is 35.7. The zero-order valence-corrected chi connectivity index (χ0v) is 14.4. The first-order valence-electron chi connectivity index (χ1n) is 6.93. The molecule has 3 rings (SSSR count). The van der Waals surface area contributed by atoms with E-state index in [-0.39, 0.29) is 10.5 Å². The Balaban J connectivity index is 2.37. The molecule has 0 fully saturated rings. The molecule has 0 N–H and O–H groups in total. The molecule has 0 unspecified atom stereocenters. The SMILES string of the molecule is COc1cc(C)ccc1-n1c(=O)cnc2cc(S(=O)(=O)Cl)ccc21. The molecule has 1 heterocycles. The summed E-state index contributed by atoms with van der Waals surface area (Å²) in [7, 11) is 3.01. The van der Waals surface area contributed by atoms with E-state index in [1.165, 1.54) is 29.9 Å². The zero-order chi connectivity index (χ0) is 17.5. The second kappa shape index (κ2) is 5.92. The van der Waals surface area contributed by atoms with Gasteiger partial charge in [0.1, 0.15) is 5.75 Å². The van der Waals surface area contributed by atoms with Gasteiger partial charge in [-0.2, -0.15) is 0 Å². The average molecular weight is 365 g/mol. The largest absolute Gasteiger partial charge is 0.495 e. The number of rotatable bonds is 3. The van der Waals surface area contributed by atoms with Crippen LogP contribution in [0.1, 0.15) is 5.56 Å². The van der Waals surface area contributed by atoms with E-state index in [2.05, 4.69) is 4.98 Å². The van der Waals surface area contributed by atoms with E-state index in [1.54, 1.807) is 6.07 Å². The van der Waals surface area contributed by atoms with Crippen molar-refractivity contribution >= 4 is 30.8 Å². The zero-order valence-electron chi connectivity index (χ0n) is 12.9. The smallest absolute Gasteiger partial charge is 0.274 e. The predicted octanol–water partition coefficient (Wildman–Crippen LogP) is 2.63. The molecule has 0 amide bonds. The Labute approximate surface area is 142 Å². The number of fused-ring (bicyclic) bond motifs is 1. The van der Waals surface area contributed by atoms with Crippen LogP contribution in [0.2, 0.25) is 0 Å². The van der Waals surface area contributed by atoms with Gasteiger partial charge in [-0.1, -0.05) is 6.07 Å². The molecule has 0 aliphatic rings. The fourth-order valence-electron chi connectivity index (χ4n) is 2.47. The first-order valence-corrected chi connectivity index (χ1v) is 9.23. The molecule has 24 heavy (non-hydrogen) atoms. The number of aryl methyl sites for hydroxylation is 1. The topological polar surface area (TPSA) is 78.3 Å². The van der Waals surface area contributed by atoms with Gasteiger partial charge in [-0.25, -0.2) is 13.4 Å². The molecule has 1 aromatic heterocycles. The third-order valence-electron chi connectivity index (χ3n) is 3.58. The predicted molar refractivity (Wildman–Crippen MR) is 91.7 cm³/mol. The summed E-state index contributed by atoms with van der Waals surface area (Å²) in [6.07, 6.45) is 1.13. The molecule has 0 aliphatic carbocycles. The van der Waals surface area contributed by atoms with Crippen LogP contribution in [0.5, 0.6) is 5.75 Å². The summed E-state index contributed by atoms with van der Waals surface area (Å²) in [5.74, 6) is 0.527. The van der Waals surface area contributed by atoms with Crippen molar-refractivity contribution in [3.8, 4) is 11.4 Å². The van der Waals surface area contributed by atoms with Gasteiger partial charge in [0.2, 0.25) is 0 Å². The number of halogens is 1. The highest BCUT2D eigenvalue weighted by Crippen LogP contribution is 2.27. The minimum absolute atomic E-state index is 0.0785. The molecule has 0 saturated heterocycles. The third kappa shape index (κ3) is 2.88. The molecule has 0 radical (unpaired) electrons. The monoisotopic (exact) mass is 364 g/mol. The first kappa shape index (κ1) is 16.5. The fourth-order valence-corrected chi connectivity index (χ4v) is 3.24. The van der Waals surface area contributed by atoms with Crippen molar-refractivity contribution in [3.05, 3.63) is 58.5 Å². The van der Waals surface area contributed by atoms with Gasteiger partial charge >= 0.3 is 0 Å². The minimum atomic E-state index is -3.88. The van der Waals surface area contributed by atoms with Crippen LogP contribution in [0.3, 0.4) is 0 Å². The van der Waals surface area contributed by atoms with Gasteiger partial charge in [0.05, 0.1) is 34.9 Å². The van der Waals surface area contributed by atoms with Crippen molar-refractivity contribution in [3.63, 3.8) is 0 Å². The average Bonchev–Trinajstić information content (AvgIpc) is 2.54. The Morgan fingerprint density at radius 1 is 1.17 bits per heavy atom. The molecule has 124 valence electrons. The second-order valence-corrected chi connectivity index (χ2v) is 7.76. The van der Waals surface area contributed by atoms with E-state index in [0.29, 0.717) is 22.5 Å². The summed E-state index contributed by atoms with van der Waals surface area (Å²) in [5, 5.41) is 0. The van der Waals surface area contributed by atoms with Crippen LogP contribution in [0.25, 0.3) is 16.7 Å². The van der Waals surface area contributed by atoms with Gasteiger partial charge in [0, 0.05) is 10.7 Å². The summed E-state index contributed by atoms with van der Waals surface area (Å²) < 4.78 is 29.8. The molecule has 0 bridgehead atoms. The molecule has 0 aliphatic heterocycles. The van der Waals surface area contributed by atoms with Crippen LogP contribution in [0, 0.1) is 6.92 Å². The van der Waals surface area contributed by atoms with Gasteiger partial charge in [0.25, 0.3) is 14.6 Å². The number of hydrogen-bond donors (Lipinski definition) is 0. The van der Waals surface area contributed by atoms with E-state index in [0.717, 1.165) is 11.8 Å². The molecule has 2 aromatic carbocycles. The van der Waals surface area contributed by atoms with E-state index < -0.39 is 9.05 Å². The lowest BCUT2D eigenvalue weighted by atomic mass is 10.2. The maximum atomic E-state index is 12.4. The highest BCUT2D eigenvalue weighted by molar-refractivity contribution is 8.13. The van der Waals surface area contributed by atoms with Crippen molar-refractivity contribution in [1.82, 2.24) is 9.55 Å². The Morgan fingerprint density at radius 2 is 1.92 bits per heavy atom. The summed E-state index contributed by atoms with van der Waals surface area (Å²) in [6, 6.07) is 9.59. The first-order chi connectivity index (χ1) is 11.3. The molecule has 0 atom stereocenters. The highest BCUT2D eigenvalue weighted by Gasteiger charge is 2.15. The van der Waals surface area contributed by atoms with Crippen molar-refractivity contribution < 1.29 is 13.2 Å². The lowest BCUT2D eigenvalue weighted by molar-refractivity contribution is 0.412. The number of benzene rings is 2. The van der Waals surface area contributed by atoms with E-state index in [9.17, 15) is 13.2 Å². The Kier molecular flexibility index (Phi) is 4.06.